The highest BCUT2D eigenvalue weighted by molar-refractivity contribution is 5.45. The van der Waals surface area contributed by atoms with E-state index < -0.39 is 0 Å². The summed E-state index contributed by atoms with van der Waals surface area (Å²) >= 11 is 0. The van der Waals surface area contributed by atoms with Crippen molar-refractivity contribution in [2.75, 3.05) is 18.5 Å². The molecule has 0 amide bonds. The molecule has 0 aliphatic carbocycles. The fraction of sp³-hybridized carbons (Fsp3) is 0.353. The quantitative estimate of drug-likeness (QED) is 0.812. The molecule has 1 aromatic carbocycles. The number of anilines is 1. The van der Waals surface area contributed by atoms with Crippen LogP contribution in [0.1, 0.15) is 23.9 Å². The molecule has 2 rings (SSSR count). The first-order valence-corrected chi connectivity index (χ1v) is 7.09. The summed E-state index contributed by atoms with van der Waals surface area (Å²) in [5, 5.41) is 3.36. The smallest absolute Gasteiger partial charge is 0.140 e. The molecule has 0 radical (unpaired) electrons. The summed E-state index contributed by atoms with van der Waals surface area (Å²) in [6, 6.07) is 12.3. The topological polar surface area (TPSA) is 34.1 Å². The van der Waals surface area contributed by atoms with Gasteiger partial charge in [0.2, 0.25) is 0 Å². The third kappa shape index (κ3) is 3.98. The number of ether oxygens (including phenoxy) is 1. The van der Waals surface area contributed by atoms with Gasteiger partial charge in [0, 0.05) is 17.9 Å². The van der Waals surface area contributed by atoms with Crippen molar-refractivity contribution >= 4 is 5.69 Å². The zero-order valence-electron chi connectivity index (χ0n) is 12.4. The first kappa shape index (κ1) is 14.4. The second-order valence-corrected chi connectivity index (χ2v) is 4.90. The monoisotopic (exact) mass is 270 g/mol. The van der Waals surface area contributed by atoms with Crippen LogP contribution in [0.5, 0.6) is 5.75 Å². The molecule has 0 saturated carbocycles. The summed E-state index contributed by atoms with van der Waals surface area (Å²) in [7, 11) is 0. The minimum Gasteiger partial charge on any atom is -0.490 e. The maximum absolute atomic E-state index is 5.81. The van der Waals surface area contributed by atoms with E-state index in [2.05, 4.69) is 48.4 Å². The Morgan fingerprint density at radius 2 is 2.00 bits per heavy atom. The molecular formula is C17H22N2O. The van der Waals surface area contributed by atoms with E-state index in [0.29, 0.717) is 6.61 Å². The zero-order chi connectivity index (χ0) is 14.4. The van der Waals surface area contributed by atoms with Gasteiger partial charge in [0.25, 0.3) is 0 Å². The van der Waals surface area contributed by atoms with Crippen LogP contribution >= 0.6 is 0 Å². The fourth-order valence-electron chi connectivity index (χ4n) is 2.09. The standard InChI is InChI=1S/C17H22N2O/c1-4-16-17(9-8-14(3)19-16)20-11-10-18-15-7-5-6-13(2)12-15/h5-9,12,18H,4,10-11H2,1-3H3. The largest absolute Gasteiger partial charge is 0.490 e. The van der Waals surface area contributed by atoms with Crippen LogP contribution in [-0.2, 0) is 6.42 Å². The lowest BCUT2D eigenvalue weighted by atomic mass is 10.2. The molecule has 2 aromatic rings. The van der Waals surface area contributed by atoms with E-state index in [1.54, 1.807) is 0 Å². The van der Waals surface area contributed by atoms with Crippen molar-refractivity contribution in [1.29, 1.82) is 0 Å². The molecule has 0 bridgehead atoms. The Labute approximate surface area is 121 Å². The Morgan fingerprint density at radius 3 is 2.75 bits per heavy atom. The molecule has 3 nitrogen and oxygen atoms in total. The molecule has 1 N–H and O–H groups in total. The molecule has 0 saturated heterocycles. The van der Waals surface area contributed by atoms with Crippen molar-refractivity contribution in [2.45, 2.75) is 27.2 Å². The Bertz CT molecular complexity index is 567. The van der Waals surface area contributed by atoms with Crippen molar-refractivity contribution in [2.24, 2.45) is 0 Å². The average Bonchev–Trinajstić information content (AvgIpc) is 2.45. The number of aromatic nitrogens is 1. The highest BCUT2D eigenvalue weighted by atomic mass is 16.5. The lowest BCUT2D eigenvalue weighted by molar-refractivity contribution is 0.327. The normalized spacial score (nSPS) is 10.3. The van der Waals surface area contributed by atoms with E-state index in [-0.39, 0.29) is 0 Å². The molecule has 0 aliphatic heterocycles. The summed E-state index contributed by atoms with van der Waals surface area (Å²) in [6.45, 7) is 7.60. The van der Waals surface area contributed by atoms with Crippen molar-refractivity contribution in [3.05, 3.63) is 53.3 Å². The number of hydrogen-bond donors (Lipinski definition) is 1. The lowest BCUT2D eigenvalue weighted by Gasteiger charge is -2.11. The van der Waals surface area contributed by atoms with E-state index in [0.717, 1.165) is 35.8 Å². The van der Waals surface area contributed by atoms with Crippen LogP contribution in [0.3, 0.4) is 0 Å². The van der Waals surface area contributed by atoms with Crippen LogP contribution < -0.4 is 10.1 Å². The van der Waals surface area contributed by atoms with E-state index in [9.17, 15) is 0 Å². The SMILES string of the molecule is CCc1nc(C)ccc1OCCNc1cccc(C)c1. The van der Waals surface area contributed by atoms with Crippen molar-refractivity contribution in [3.8, 4) is 5.75 Å². The predicted molar refractivity (Wildman–Crippen MR) is 83.5 cm³/mol. The van der Waals surface area contributed by atoms with Gasteiger partial charge in [-0.1, -0.05) is 19.1 Å². The molecule has 0 aliphatic rings. The molecule has 0 unspecified atom stereocenters. The minimum atomic E-state index is 0.631. The van der Waals surface area contributed by atoms with Crippen molar-refractivity contribution < 1.29 is 4.74 Å². The van der Waals surface area contributed by atoms with Gasteiger partial charge in [-0.2, -0.15) is 0 Å². The Morgan fingerprint density at radius 1 is 1.15 bits per heavy atom. The second-order valence-electron chi connectivity index (χ2n) is 4.90. The summed E-state index contributed by atoms with van der Waals surface area (Å²) in [4.78, 5) is 4.49. The fourth-order valence-corrected chi connectivity index (χ4v) is 2.09. The molecular weight excluding hydrogens is 248 g/mol. The zero-order valence-corrected chi connectivity index (χ0v) is 12.4. The number of hydrogen-bond acceptors (Lipinski definition) is 3. The molecule has 20 heavy (non-hydrogen) atoms. The van der Waals surface area contributed by atoms with E-state index >= 15 is 0 Å². The van der Waals surface area contributed by atoms with Crippen LogP contribution in [-0.4, -0.2) is 18.1 Å². The Balaban J connectivity index is 1.84. The van der Waals surface area contributed by atoms with Gasteiger partial charge in [-0.05, 0) is 50.1 Å². The van der Waals surface area contributed by atoms with Crippen molar-refractivity contribution in [3.63, 3.8) is 0 Å². The summed E-state index contributed by atoms with van der Waals surface area (Å²) in [6.07, 6.45) is 0.891. The maximum atomic E-state index is 5.81. The van der Waals surface area contributed by atoms with Crippen LogP contribution in [0.15, 0.2) is 36.4 Å². The van der Waals surface area contributed by atoms with Gasteiger partial charge in [0.05, 0.1) is 5.69 Å². The highest BCUT2D eigenvalue weighted by Crippen LogP contribution is 2.17. The predicted octanol–water partition coefficient (Wildman–Crippen LogP) is 3.75. The molecule has 0 spiro atoms. The summed E-state index contributed by atoms with van der Waals surface area (Å²) in [5.41, 5.74) is 4.45. The minimum absolute atomic E-state index is 0.631. The van der Waals surface area contributed by atoms with E-state index in [4.69, 9.17) is 4.74 Å². The van der Waals surface area contributed by atoms with Gasteiger partial charge >= 0.3 is 0 Å². The number of nitrogens with zero attached hydrogens (tertiary/aromatic N) is 1. The number of pyridine rings is 1. The average molecular weight is 270 g/mol. The van der Waals surface area contributed by atoms with Gasteiger partial charge < -0.3 is 10.1 Å². The molecule has 3 heteroatoms. The Kier molecular flexibility index (Phi) is 4.99. The maximum Gasteiger partial charge on any atom is 0.140 e. The number of nitrogens with one attached hydrogen (secondary N) is 1. The third-order valence-corrected chi connectivity index (χ3v) is 3.11. The Hall–Kier alpha value is -2.03. The number of benzene rings is 1. The van der Waals surface area contributed by atoms with Crippen LogP contribution in [0, 0.1) is 13.8 Å². The van der Waals surface area contributed by atoms with E-state index in [1.165, 1.54) is 5.56 Å². The van der Waals surface area contributed by atoms with Crippen LogP contribution in [0.2, 0.25) is 0 Å². The van der Waals surface area contributed by atoms with Crippen LogP contribution in [0.25, 0.3) is 0 Å². The molecule has 0 fully saturated rings. The van der Waals surface area contributed by atoms with Crippen LogP contribution in [0.4, 0.5) is 5.69 Å². The van der Waals surface area contributed by atoms with Gasteiger partial charge in [0.1, 0.15) is 12.4 Å². The number of aryl methyl sites for hydroxylation is 3. The van der Waals surface area contributed by atoms with Gasteiger partial charge in [-0.25, -0.2) is 0 Å². The second kappa shape index (κ2) is 6.94. The first-order valence-electron chi connectivity index (χ1n) is 7.09. The first-order chi connectivity index (χ1) is 9.69. The molecule has 0 atom stereocenters. The highest BCUT2D eigenvalue weighted by Gasteiger charge is 2.03. The van der Waals surface area contributed by atoms with Gasteiger partial charge in [-0.3, -0.25) is 4.98 Å². The summed E-state index contributed by atoms with van der Waals surface area (Å²) in [5.74, 6) is 0.893. The molecule has 1 heterocycles. The lowest BCUT2D eigenvalue weighted by Crippen LogP contribution is -2.12. The molecule has 106 valence electrons. The van der Waals surface area contributed by atoms with Crippen molar-refractivity contribution in [1.82, 2.24) is 4.98 Å². The van der Waals surface area contributed by atoms with Gasteiger partial charge in [-0.15, -0.1) is 0 Å². The number of rotatable bonds is 6. The third-order valence-electron chi connectivity index (χ3n) is 3.11. The van der Waals surface area contributed by atoms with E-state index in [1.807, 2.05) is 19.1 Å². The molecule has 1 aromatic heterocycles. The van der Waals surface area contributed by atoms with Gasteiger partial charge in [0.15, 0.2) is 0 Å². The summed E-state index contributed by atoms with van der Waals surface area (Å²) < 4.78 is 5.81.